The molecule has 0 amide bonds. The van der Waals surface area contributed by atoms with Gasteiger partial charge in [-0.05, 0) is 69.7 Å². The van der Waals surface area contributed by atoms with Gasteiger partial charge in [0.05, 0.1) is 4.90 Å². The van der Waals surface area contributed by atoms with Crippen LogP contribution >= 0.6 is 0 Å². The Hall–Kier alpha value is -1.07. The van der Waals surface area contributed by atoms with Crippen LogP contribution in [0.4, 0.5) is 5.69 Å². The fraction of sp³-hybridized carbons (Fsp3) is 0.600. The van der Waals surface area contributed by atoms with Gasteiger partial charge in [-0.15, -0.1) is 0 Å². The Morgan fingerprint density at radius 2 is 1.90 bits per heavy atom. The van der Waals surface area contributed by atoms with Gasteiger partial charge in [0.1, 0.15) is 0 Å². The highest BCUT2D eigenvalue weighted by Crippen LogP contribution is 2.33. The Morgan fingerprint density at radius 1 is 1.30 bits per heavy atom. The number of anilines is 1. The van der Waals surface area contributed by atoms with E-state index >= 15 is 0 Å². The third kappa shape index (κ3) is 2.99. The van der Waals surface area contributed by atoms with E-state index in [2.05, 4.69) is 0 Å². The summed E-state index contributed by atoms with van der Waals surface area (Å²) in [4.78, 5) is 0.351. The third-order valence-corrected chi connectivity index (χ3v) is 6.11. The molecule has 5 heteroatoms. The first-order chi connectivity index (χ1) is 9.23. The fourth-order valence-corrected chi connectivity index (χ4v) is 4.44. The maximum absolute atomic E-state index is 12.9. The molecular weight excluding hydrogens is 272 g/mol. The summed E-state index contributed by atoms with van der Waals surface area (Å²) >= 11 is 0. The van der Waals surface area contributed by atoms with E-state index < -0.39 is 10.0 Å². The molecule has 0 unspecified atom stereocenters. The van der Waals surface area contributed by atoms with Gasteiger partial charge in [-0.25, -0.2) is 8.42 Å². The number of nitrogen functional groups attached to an aromatic ring is 1. The number of hydrogen-bond acceptors (Lipinski definition) is 3. The van der Waals surface area contributed by atoms with Crippen LogP contribution in [0.15, 0.2) is 17.0 Å². The highest BCUT2D eigenvalue weighted by atomic mass is 32.2. The van der Waals surface area contributed by atoms with Crippen molar-refractivity contribution < 1.29 is 8.42 Å². The molecule has 1 saturated carbocycles. The van der Waals surface area contributed by atoms with E-state index in [9.17, 15) is 8.42 Å². The van der Waals surface area contributed by atoms with Gasteiger partial charge in [0.25, 0.3) is 0 Å². The molecule has 1 aliphatic rings. The number of benzene rings is 1. The molecule has 0 aromatic heterocycles. The minimum Gasteiger partial charge on any atom is -0.399 e. The molecule has 112 valence electrons. The van der Waals surface area contributed by atoms with Crippen molar-refractivity contribution in [2.75, 3.05) is 12.3 Å². The van der Waals surface area contributed by atoms with Crippen molar-refractivity contribution in [3.05, 3.63) is 23.3 Å². The molecule has 20 heavy (non-hydrogen) atoms. The number of sulfonamides is 1. The summed E-state index contributed by atoms with van der Waals surface area (Å²) in [5.74, 6) is 0.523. The minimum absolute atomic E-state index is 0.0401. The first kappa shape index (κ1) is 15.3. The van der Waals surface area contributed by atoms with Gasteiger partial charge >= 0.3 is 0 Å². The van der Waals surface area contributed by atoms with E-state index in [4.69, 9.17) is 5.73 Å². The second kappa shape index (κ2) is 5.37. The van der Waals surface area contributed by atoms with E-state index in [1.54, 1.807) is 10.4 Å². The lowest BCUT2D eigenvalue weighted by Crippen LogP contribution is -2.38. The van der Waals surface area contributed by atoms with Crippen molar-refractivity contribution >= 4 is 15.7 Å². The van der Waals surface area contributed by atoms with E-state index in [1.165, 1.54) is 0 Å². The van der Waals surface area contributed by atoms with Crippen molar-refractivity contribution in [2.24, 2.45) is 5.92 Å². The molecule has 0 heterocycles. The predicted molar refractivity (Wildman–Crippen MR) is 82.1 cm³/mol. The summed E-state index contributed by atoms with van der Waals surface area (Å²) < 4.78 is 27.5. The molecule has 2 N–H and O–H groups in total. The summed E-state index contributed by atoms with van der Waals surface area (Å²) in [6.07, 6.45) is 2.27. The lowest BCUT2D eigenvalue weighted by atomic mass is 10.1. The van der Waals surface area contributed by atoms with Gasteiger partial charge in [0.2, 0.25) is 10.0 Å². The number of rotatable bonds is 5. The molecule has 4 nitrogen and oxygen atoms in total. The quantitative estimate of drug-likeness (QED) is 0.850. The van der Waals surface area contributed by atoms with Gasteiger partial charge in [0, 0.05) is 18.3 Å². The maximum atomic E-state index is 12.9. The van der Waals surface area contributed by atoms with Crippen LogP contribution < -0.4 is 5.73 Å². The van der Waals surface area contributed by atoms with Crippen LogP contribution in [-0.4, -0.2) is 25.3 Å². The lowest BCUT2D eigenvalue weighted by molar-refractivity contribution is 0.341. The first-order valence-corrected chi connectivity index (χ1v) is 8.56. The Balaban J connectivity index is 2.46. The average Bonchev–Trinajstić information content (AvgIpc) is 3.13. The molecule has 0 radical (unpaired) electrons. The zero-order chi connectivity index (χ0) is 15.1. The van der Waals surface area contributed by atoms with Crippen molar-refractivity contribution in [3.63, 3.8) is 0 Å². The second-order valence-corrected chi connectivity index (χ2v) is 7.93. The van der Waals surface area contributed by atoms with Gasteiger partial charge in [-0.3, -0.25) is 0 Å². The maximum Gasteiger partial charge on any atom is 0.243 e. The van der Waals surface area contributed by atoms with Crippen LogP contribution in [0.5, 0.6) is 0 Å². The molecule has 0 aliphatic heterocycles. The van der Waals surface area contributed by atoms with Crippen LogP contribution in [0.3, 0.4) is 0 Å². The number of aryl methyl sites for hydroxylation is 1. The second-order valence-electron chi connectivity index (χ2n) is 6.07. The Morgan fingerprint density at radius 3 is 2.40 bits per heavy atom. The Bertz CT molecular complexity index is 605. The number of hydrogen-bond donors (Lipinski definition) is 1. The molecule has 0 bridgehead atoms. The largest absolute Gasteiger partial charge is 0.399 e. The normalized spacial score (nSPS) is 16.1. The third-order valence-electron chi connectivity index (χ3n) is 3.94. The molecule has 0 atom stereocenters. The van der Waals surface area contributed by atoms with Gasteiger partial charge < -0.3 is 5.73 Å². The van der Waals surface area contributed by atoms with E-state index in [0.29, 0.717) is 23.0 Å². The van der Waals surface area contributed by atoms with Crippen LogP contribution in [0.25, 0.3) is 0 Å². The molecular formula is C15H24N2O2S. The topological polar surface area (TPSA) is 63.4 Å². The zero-order valence-corrected chi connectivity index (χ0v) is 13.5. The van der Waals surface area contributed by atoms with Gasteiger partial charge in [-0.2, -0.15) is 4.31 Å². The standard InChI is InChI=1S/C15H24N2O2S/c1-10(2)17(9-13-5-6-13)20(18,19)15-8-14(16)7-11(3)12(15)4/h7-8,10,13H,5-6,9,16H2,1-4H3. The Kier molecular flexibility index (Phi) is 4.12. The zero-order valence-electron chi connectivity index (χ0n) is 12.7. The molecule has 1 aromatic carbocycles. The smallest absolute Gasteiger partial charge is 0.243 e. The van der Waals surface area contributed by atoms with Crippen molar-refractivity contribution in [1.29, 1.82) is 0 Å². The summed E-state index contributed by atoms with van der Waals surface area (Å²) in [6.45, 7) is 8.21. The van der Waals surface area contributed by atoms with E-state index in [-0.39, 0.29) is 6.04 Å². The van der Waals surface area contributed by atoms with Crippen LogP contribution in [0, 0.1) is 19.8 Å². The monoisotopic (exact) mass is 296 g/mol. The van der Waals surface area contributed by atoms with Crippen LogP contribution in [-0.2, 0) is 10.0 Å². The number of nitrogens with two attached hydrogens (primary N) is 1. The van der Waals surface area contributed by atoms with Crippen molar-refractivity contribution in [1.82, 2.24) is 4.31 Å². The summed E-state index contributed by atoms with van der Waals surface area (Å²) in [5, 5.41) is 0. The van der Waals surface area contributed by atoms with Crippen molar-refractivity contribution in [2.45, 2.75) is 51.5 Å². The van der Waals surface area contributed by atoms with E-state index in [1.807, 2.05) is 33.8 Å². The fourth-order valence-electron chi connectivity index (χ4n) is 2.39. The van der Waals surface area contributed by atoms with E-state index in [0.717, 1.165) is 24.0 Å². The van der Waals surface area contributed by atoms with Gasteiger partial charge in [-0.1, -0.05) is 0 Å². The summed E-state index contributed by atoms with van der Waals surface area (Å²) in [6, 6.07) is 3.36. The predicted octanol–water partition coefficient (Wildman–Crippen LogP) is 2.69. The average molecular weight is 296 g/mol. The highest BCUT2D eigenvalue weighted by molar-refractivity contribution is 7.89. The van der Waals surface area contributed by atoms with Crippen LogP contribution in [0.2, 0.25) is 0 Å². The van der Waals surface area contributed by atoms with Crippen molar-refractivity contribution in [3.8, 4) is 0 Å². The first-order valence-electron chi connectivity index (χ1n) is 7.12. The minimum atomic E-state index is -3.48. The Labute approximate surface area is 122 Å². The molecule has 1 aliphatic carbocycles. The van der Waals surface area contributed by atoms with Gasteiger partial charge in [0.15, 0.2) is 0 Å². The number of nitrogens with zero attached hydrogens (tertiary/aromatic N) is 1. The molecule has 2 rings (SSSR count). The molecule has 0 spiro atoms. The molecule has 1 aromatic rings. The summed E-state index contributed by atoms with van der Waals surface area (Å²) in [5.41, 5.74) is 8.04. The summed E-state index contributed by atoms with van der Waals surface area (Å²) in [7, 11) is -3.48. The highest BCUT2D eigenvalue weighted by Gasteiger charge is 2.34. The van der Waals surface area contributed by atoms with Crippen LogP contribution in [0.1, 0.15) is 37.8 Å². The molecule has 1 fully saturated rings. The molecule has 0 saturated heterocycles. The SMILES string of the molecule is Cc1cc(N)cc(S(=O)(=O)N(CC2CC2)C(C)C)c1C. The lowest BCUT2D eigenvalue weighted by Gasteiger charge is -2.27.